The molecule has 1 N–H and O–H groups in total. The van der Waals surface area contributed by atoms with Gasteiger partial charge < -0.3 is 5.32 Å². The van der Waals surface area contributed by atoms with E-state index in [0.29, 0.717) is 17.7 Å². The fourth-order valence-electron chi connectivity index (χ4n) is 2.85. The molecule has 1 heterocycles. The van der Waals surface area contributed by atoms with Crippen molar-refractivity contribution < 1.29 is 10.6 Å². The van der Waals surface area contributed by atoms with E-state index in [-0.39, 0.29) is 13.2 Å². The van der Waals surface area contributed by atoms with E-state index >= 15 is 0 Å². The number of aryl methyl sites for hydroxylation is 2. The molecule has 1 aliphatic rings. The Kier molecular flexibility index (Phi) is 3.05. The van der Waals surface area contributed by atoms with Crippen LogP contribution >= 0.6 is 0 Å². The van der Waals surface area contributed by atoms with Gasteiger partial charge in [0, 0.05) is 12.7 Å². The number of carbonyl (C=O) groups excluding carboxylic acids is 1. The monoisotopic (exact) mass is 271 g/mol. The highest BCUT2D eigenvalue weighted by atomic mass is 19.1. The van der Waals surface area contributed by atoms with Crippen molar-refractivity contribution in [1.29, 1.82) is 0 Å². The molecule has 2 nitrogen and oxygen atoms in total. The van der Waals surface area contributed by atoms with Crippen molar-refractivity contribution >= 4 is 11.6 Å². The lowest BCUT2D eigenvalue weighted by Crippen LogP contribution is -2.03. The second-order valence-electron chi connectivity index (χ2n) is 5.18. The molecule has 2 aromatic carbocycles. The summed E-state index contributed by atoms with van der Waals surface area (Å²) in [5.74, 6) is -0.355. The fraction of sp³-hybridized carbons (Fsp3) is 0.235. The number of hydrogen-bond donors (Lipinski definition) is 1. The first kappa shape index (κ1) is 12.9. The molecular weight excluding hydrogens is 253 g/mol. The number of carbonyl (C=O) groups is 1. The van der Waals surface area contributed by atoms with Crippen LogP contribution in [-0.2, 0) is 17.6 Å². The standard InChI is InChI=1S/C17H16FNO.H2/c1-3-11-6-4-5-10(2)17(11)13-7-12-8-16(20)19-15(12)9-14(13)18;/h4-7,9H,3,8H2,1-2H3,(H,19,20);1H. The van der Waals surface area contributed by atoms with E-state index in [1.54, 1.807) is 0 Å². The van der Waals surface area contributed by atoms with Gasteiger partial charge in [-0.25, -0.2) is 4.39 Å². The molecule has 0 aromatic heterocycles. The summed E-state index contributed by atoms with van der Waals surface area (Å²) < 4.78 is 14.4. The van der Waals surface area contributed by atoms with E-state index in [2.05, 4.69) is 12.2 Å². The minimum atomic E-state index is -0.282. The Bertz CT molecular complexity index is 712. The summed E-state index contributed by atoms with van der Waals surface area (Å²) in [5.41, 5.74) is 5.20. The van der Waals surface area contributed by atoms with Gasteiger partial charge in [0.2, 0.25) is 5.91 Å². The molecule has 104 valence electrons. The highest BCUT2D eigenvalue weighted by Gasteiger charge is 2.21. The molecule has 1 amide bonds. The zero-order valence-electron chi connectivity index (χ0n) is 11.6. The van der Waals surface area contributed by atoms with Crippen molar-refractivity contribution in [1.82, 2.24) is 0 Å². The van der Waals surface area contributed by atoms with Gasteiger partial charge in [-0.3, -0.25) is 4.79 Å². The predicted octanol–water partition coefficient (Wildman–Crippen LogP) is 4.10. The first-order valence-corrected chi connectivity index (χ1v) is 6.81. The molecule has 0 atom stereocenters. The average molecular weight is 271 g/mol. The van der Waals surface area contributed by atoms with Crippen molar-refractivity contribution in [3.05, 3.63) is 52.8 Å². The van der Waals surface area contributed by atoms with Crippen LogP contribution in [0.3, 0.4) is 0 Å². The summed E-state index contributed by atoms with van der Waals surface area (Å²) >= 11 is 0. The van der Waals surface area contributed by atoms with E-state index < -0.39 is 0 Å². The molecule has 2 aromatic rings. The number of fused-ring (bicyclic) bond motifs is 1. The van der Waals surface area contributed by atoms with Gasteiger partial charge in [-0.05, 0) is 47.7 Å². The van der Waals surface area contributed by atoms with E-state index in [0.717, 1.165) is 28.7 Å². The van der Waals surface area contributed by atoms with Crippen LogP contribution in [0.4, 0.5) is 10.1 Å². The topological polar surface area (TPSA) is 29.1 Å². The van der Waals surface area contributed by atoms with Crippen molar-refractivity contribution in [3.8, 4) is 11.1 Å². The van der Waals surface area contributed by atoms with Crippen LogP contribution < -0.4 is 5.32 Å². The van der Waals surface area contributed by atoms with Crippen LogP contribution in [0, 0.1) is 12.7 Å². The maximum atomic E-state index is 14.4. The van der Waals surface area contributed by atoms with Crippen molar-refractivity contribution in [3.63, 3.8) is 0 Å². The Morgan fingerprint density at radius 2 is 2.15 bits per heavy atom. The number of nitrogens with one attached hydrogen (secondary N) is 1. The molecule has 0 bridgehead atoms. The normalized spacial score (nSPS) is 13.2. The van der Waals surface area contributed by atoms with E-state index in [4.69, 9.17) is 0 Å². The van der Waals surface area contributed by atoms with Gasteiger partial charge in [-0.15, -0.1) is 0 Å². The minimum absolute atomic E-state index is 0. The molecule has 0 saturated heterocycles. The Morgan fingerprint density at radius 1 is 1.35 bits per heavy atom. The van der Waals surface area contributed by atoms with E-state index in [9.17, 15) is 9.18 Å². The average Bonchev–Trinajstić information content (AvgIpc) is 2.77. The highest BCUT2D eigenvalue weighted by Crippen LogP contribution is 2.35. The van der Waals surface area contributed by atoms with Gasteiger partial charge >= 0.3 is 0 Å². The van der Waals surface area contributed by atoms with Crippen LogP contribution in [0.25, 0.3) is 11.1 Å². The van der Waals surface area contributed by atoms with Crippen LogP contribution in [0.5, 0.6) is 0 Å². The van der Waals surface area contributed by atoms with Gasteiger partial charge in [-0.2, -0.15) is 0 Å². The number of amides is 1. The lowest BCUT2D eigenvalue weighted by molar-refractivity contribution is -0.115. The van der Waals surface area contributed by atoms with Gasteiger partial charge in [0.15, 0.2) is 0 Å². The van der Waals surface area contributed by atoms with Gasteiger partial charge in [0.25, 0.3) is 0 Å². The summed E-state index contributed by atoms with van der Waals surface area (Å²) in [6, 6.07) is 9.25. The Morgan fingerprint density at radius 3 is 2.90 bits per heavy atom. The minimum Gasteiger partial charge on any atom is -0.325 e. The molecule has 0 spiro atoms. The molecule has 0 unspecified atom stereocenters. The second-order valence-corrected chi connectivity index (χ2v) is 5.18. The number of benzene rings is 2. The van der Waals surface area contributed by atoms with Crippen molar-refractivity contribution in [2.75, 3.05) is 5.32 Å². The maximum Gasteiger partial charge on any atom is 0.228 e. The number of rotatable bonds is 2. The molecule has 20 heavy (non-hydrogen) atoms. The third-order valence-electron chi connectivity index (χ3n) is 3.83. The zero-order valence-corrected chi connectivity index (χ0v) is 11.6. The maximum absolute atomic E-state index is 14.4. The smallest absolute Gasteiger partial charge is 0.228 e. The molecule has 0 aliphatic carbocycles. The first-order chi connectivity index (χ1) is 9.60. The van der Waals surface area contributed by atoms with Gasteiger partial charge in [-0.1, -0.05) is 25.1 Å². The van der Waals surface area contributed by atoms with E-state index in [1.807, 2.05) is 31.2 Å². The zero-order chi connectivity index (χ0) is 14.3. The third kappa shape index (κ3) is 1.99. The summed E-state index contributed by atoms with van der Waals surface area (Å²) in [7, 11) is 0. The summed E-state index contributed by atoms with van der Waals surface area (Å²) in [6.45, 7) is 4.05. The summed E-state index contributed by atoms with van der Waals surface area (Å²) in [4.78, 5) is 11.4. The Labute approximate surface area is 119 Å². The third-order valence-corrected chi connectivity index (χ3v) is 3.83. The molecule has 1 aliphatic heterocycles. The predicted molar refractivity (Wildman–Crippen MR) is 80.4 cm³/mol. The quantitative estimate of drug-likeness (QED) is 0.875. The van der Waals surface area contributed by atoms with Gasteiger partial charge in [0.05, 0.1) is 6.42 Å². The first-order valence-electron chi connectivity index (χ1n) is 6.81. The van der Waals surface area contributed by atoms with Crippen LogP contribution in [0.2, 0.25) is 0 Å². The number of anilines is 1. The van der Waals surface area contributed by atoms with Crippen LogP contribution in [0.15, 0.2) is 30.3 Å². The van der Waals surface area contributed by atoms with Crippen LogP contribution in [0.1, 0.15) is 25.0 Å². The summed E-state index contributed by atoms with van der Waals surface area (Å²) in [6.07, 6.45) is 1.18. The van der Waals surface area contributed by atoms with Gasteiger partial charge in [0.1, 0.15) is 5.82 Å². The largest absolute Gasteiger partial charge is 0.325 e. The second kappa shape index (κ2) is 4.75. The SMILES string of the molecule is CCc1cccc(C)c1-c1cc2c(cc1F)NC(=O)C2.[HH]. The van der Waals surface area contributed by atoms with E-state index in [1.165, 1.54) is 6.07 Å². The van der Waals surface area contributed by atoms with Crippen molar-refractivity contribution in [2.45, 2.75) is 26.7 Å². The lowest BCUT2D eigenvalue weighted by Gasteiger charge is -2.14. The van der Waals surface area contributed by atoms with Crippen molar-refractivity contribution in [2.24, 2.45) is 0 Å². The van der Waals surface area contributed by atoms with Crippen LogP contribution in [-0.4, -0.2) is 5.91 Å². The number of halogens is 1. The lowest BCUT2D eigenvalue weighted by atomic mass is 9.92. The Balaban J connectivity index is 0.00000161. The number of hydrogen-bond acceptors (Lipinski definition) is 1. The molecular formula is C17H18FNO. The molecule has 3 heteroatoms. The Hall–Kier alpha value is -2.16. The fourth-order valence-corrected chi connectivity index (χ4v) is 2.85. The highest BCUT2D eigenvalue weighted by molar-refractivity contribution is 5.99. The molecule has 0 fully saturated rings. The molecule has 0 saturated carbocycles. The molecule has 3 rings (SSSR count). The molecule has 0 radical (unpaired) electrons. The summed E-state index contributed by atoms with van der Waals surface area (Å²) in [5, 5.41) is 2.68.